The van der Waals surface area contributed by atoms with Crippen molar-refractivity contribution in [2.24, 2.45) is 0 Å². The van der Waals surface area contributed by atoms with Gasteiger partial charge in [-0.25, -0.2) is 0 Å². The van der Waals surface area contributed by atoms with Gasteiger partial charge in [0.2, 0.25) is 0 Å². The first-order valence-corrected chi connectivity index (χ1v) is 8.51. The highest BCUT2D eigenvalue weighted by Crippen LogP contribution is 2.38. The lowest BCUT2D eigenvalue weighted by Gasteiger charge is -2.32. The maximum Gasteiger partial charge on any atom is 0.497 e. The Morgan fingerprint density at radius 2 is 1.58 bits per heavy atom. The van der Waals surface area contributed by atoms with Gasteiger partial charge in [0.25, 0.3) is 0 Å². The molecule has 139 valence electrons. The van der Waals surface area contributed by atoms with Crippen LogP contribution in [0.25, 0.3) is 0 Å². The van der Waals surface area contributed by atoms with E-state index in [4.69, 9.17) is 9.31 Å². The molecule has 0 atom stereocenters. The second-order valence-corrected chi connectivity index (χ2v) is 7.66. The number of hydrogen-bond acceptors (Lipinski definition) is 2. The molecule has 1 aliphatic heterocycles. The van der Waals surface area contributed by atoms with Gasteiger partial charge in [0.05, 0.1) is 17.4 Å². The van der Waals surface area contributed by atoms with Gasteiger partial charge < -0.3 is 13.9 Å². The summed E-state index contributed by atoms with van der Waals surface area (Å²) in [5.41, 5.74) is -0.815. The summed E-state index contributed by atoms with van der Waals surface area (Å²) in [6.07, 6.45) is -1.62. The van der Waals surface area contributed by atoms with Crippen molar-refractivity contribution in [2.45, 2.75) is 58.5 Å². The van der Waals surface area contributed by atoms with Crippen molar-refractivity contribution in [3.8, 4) is 0 Å². The van der Waals surface area contributed by atoms with Crippen LogP contribution in [0, 0.1) is 13.1 Å². The molecule has 2 heterocycles. The van der Waals surface area contributed by atoms with E-state index in [1.54, 1.807) is 24.3 Å². The van der Waals surface area contributed by atoms with Crippen LogP contribution in [0.1, 0.15) is 44.5 Å². The molecule has 2 aromatic rings. The molecular formula is C19H22BF3NO2. The molecule has 0 bridgehead atoms. The molecule has 0 spiro atoms. The molecule has 1 fully saturated rings. The zero-order valence-corrected chi connectivity index (χ0v) is 15.6. The van der Waals surface area contributed by atoms with Crippen LogP contribution in [0.3, 0.4) is 0 Å². The van der Waals surface area contributed by atoms with E-state index in [-0.39, 0.29) is 12.1 Å². The van der Waals surface area contributed by atoms with Gasteiger partial charge in [-0.1, -0.05) is 30.3 Å². The average Bonchev–Trinajstić information content (AvgIpc) is 2.93. The van der Waals surface area contributed by atoms with Crippen molar-refractivity contribution in [3.63, 3.8) is 0 Å². The topological polar surface area (TPSA) is 23.4 Å². The minimum atomic E-state index is -4.49. The van der Waals surface area contributed by atoms with E-state index in [0.29, 0.717) is 5.46 Å². The molecule has 0 aliphatic carbocycles. The molecule has 0 N–H and O–H groups in total. The van der Waals surface area contributed by atoms with Crippen LogP contribution in [-0.2, 0) is 22.0 Å². The van der Waals surface area contributed by atoms with Crippen LogP contribution in [0.4, 0.5) is 13.2 Å². The summed E-state index contributed by atoms with van der Waals surface area (Å²) in [6.45, 7) is 9.00. The van der Waals surface area contributed by atoms with E-state index in [1.165, 1.54) is 6.92 Å². The van der Waals surface area contributed by atoms with Crippen LogP contribution in [0.15, 0.2) is 30.3 Å². The van der Waals surface area contributed by atoms with Crippen LogP contribution < -0.4 is 5.46 Å². The predicted octanol–water partition coefficient (Wildman–Crippen LogP) is 3.96. The normalized spacial score (nSPS) is 19.2. The number of nitrogens with zero attached hydrogens (tertiary/aromatic N) is 1. The summed E-state index contributed by atoms with van der Waals surface area (Å²) in [5, 5.41) is 0. The molecule has 7 heteroatoms. The fourth-order valence-electron chi connectivity index (χ4n) is 3.06. The first-order valence-electron chi connectivity index (χ1n) is 8.51. The lowest BCUT2D eigenvalue weighted by atomic mass is 9.78. The average molecular weight is 364 g/mol. The molecule has 3 rings (SSSR count). The Kier molecular flexibility index (Phi) is 4.52. The number of halogens is 3. The number of hydrogen-bond donors (Lipinski definition) is 0. The van der Waals surface area contributed by atoms with Crippen molar-refractivity contribution in [1.29, 1.82) is 0 Å². The number of benzene rings is 1. The largest absolute Gasteiger partial charge is 0.497 e. The standard InChI is InChI=1S/C19H22BF3NO2/c1-13-15(20-25-17(2,3)18(4,5)26-20)12-24(16(13)19(21,22)23)11-14-9-7-6-8-10-14/h6-10H,11H2,1-5H3. The molecule has 1 aliphatic rings. The number of alkyl halides is 3. The zero-order chi connectivity index (χ0) is 19.3. The van der Waals surface area contributed by atoms with Gasteiger partial charge in [-0.3, -0.25) is 0 Å². The molecule has 3 nitrogen and oxygen atoms in total. The highest BCUT2D eigenvalue weighted by atomic mass is 19.4. The highest BCUT2D eigenvalue weighted by Gasteiger charge is 2.53. The minimum Gasteiger partial charge on any atom is -0.399 e. The number of rotatable bonds is 3. The van der Waals surface area contributed by atoms with Gasteiger partial charge in [0.15, 0.2) is 0 Å². The Balaban J connectivity index is 2.03. The summed E-state index contributed by atoms with van der Waals surface area (Å²) in [6, 6.07) is 9.01. The molecular weight excluding hydrogens is 342 g/mol. The van der Waals surface area contributed by atoms with E-state index >= 15 is 0 Å². The van der Waals surface area contributed by atoms with E-state index in [0.717, 1.165) is 10.1 Å². The van der Waals surface area contributed by atoms with Crippen LogP contribution >= 0.6 is 0 Å². The van der Waals surface area contributed by atoms with Gasteiger partial charge in [-0.15, -0.1) is 0 Å². The fourth-order valence-corrected chi connectivity index (χ4v) is 3.06. The smallest absolute Gasteiger partial charge is 0.399 e. The monoisotopic (exact) mass is 364 g/mol. The highest BCUT2D eigenvalue weighted by molar-refractivity contribution is 6.62. The Labute approximate surface area is 152 Å². The van der Waals surface area contributed by atoms with Crippen LogP contribution in [0.5, 0.6) is 0 Å². The third-order valence-electron chi connectivity index (χ3n) is 5.23. The molecule has 0 unspecified atom stereocenters. The molecule has 1 saturated heterocycles. The number of aromatic nitrogens is 1. The van der Waals surface area contributed by atoms with Crippen molar-refractivity contribution >= 4 is 12.6 Å². The SMILES string of the molecule is Cc1c(B2OC(C)(C)C(C)(C)O2)[c]n(Cc2ccccc2)c1C(F)(F)F. The van der Waals surface area contributed by atoms with Crippen molar-refractivity contribution in [3.05, 3.63) is 53.3 Å². The first-order chi connectivity index (χ1) is 11.9. The third kappa shape index (κ3) is 3.30. The summed E-state index contributed by atoms with van der Waals surface area (Å²) < 4.78 is 54.1. The second kappa shape index (κ2) is 6.17. The lowest BCUT2D eigenvalue weighted by Crippen LogP contribution is -2.41. The van der Waals surface area contributed by atoms with Gasteiger partial charge in [0.1, 0.15) is 5.69 Å². The lowest BCUT2D eigenvalue weighted by molar-refractivity contribution is -0.143. The summed E-state index contributed by atoms with van der Waals surface area (Å²) in [5.74, 6) is 0. The van der Waals surface area contributed by atoms with Gasteiger partial charge in [-0.05, 0) is 45.7 Å². The van der Waals surface area contributed by atoms with Gasteiger partial charge in [0, 0.05) is 12.0 Å². The maximum absolute atomic E-state index is 13.7. The van der Waals surface area contributed by atoms with Crippen LogP contribution in [-0.4, -0.2) is 22.9 Å². The predicted molar refractivity (Wildman–Crippen MR) is 94.3 cm³/mol. The molecule has 1 aromatic heterocycles. The quantitative estimate of drug-likeness (QED) is 0.770. The Morgan fingerprint density at radius 1 is 1.04 bits per heavy atom. The summed E-state index contributed by atoms with van der Waals surface area (Å²) in [7, 11) is -0.877. The van der Waals surface area contributed by atoms with Crippen LogP contribution in [0.2, 0.25) is 0 Å². The maximum atomic E-state index is 13.7. The van der Waals surface area contributed by atoms with Crippen molar-refractivity contribution < 1.29 is 22.5 Å². The summed E-state index contributed by atoms with van der Waals surface area (Å²) >= 11 is 0. The van der Waals surface area contributed by atoms with E-state index < -0.39 is 30.2 Å². The summed E-state index contributed by atoms with van der Waals surface area (Å²) in [4.78, 5) is 0. The van der Waals surface area contributed by atoms with Gasteiger partial charge in [-0.2, -0.15) is 13.2 Å². The Morgan fingerprint density at radius 3 is 2.08 bits per heavy atom. The zero-order valence-electron chi connectivity index (χ0n) is 15.6. The van der Waals surface area contributed by atoms with Gasteiger partial charge >= 0.3 is 13.3 Å². The molecule has 26 heavy (non-hydrogen) atoms. The Bertz CT molecular complexity index is 781. The van der Waals surface area contributed by atoms with Crippen molar-refractivity contribution in [2.75, 3.05) is 0 Å². The Hall–Kier alpha value is -1.73. The fraction of sp³-hybridized carbons (Fsp3) is 0.474. The third-order valence-corrected chi connectivity index (χ3v) is 5.23. The van der Waals surface area contributed by atoms with E-state index in [2.05, 4.69) is 6.20 Å². The minimum absolute atomic E-state index is 0.0794. The van der Waals surface area contributed by atoms with E-state index in [1.807, 2.05) is 33.8 Å². The second-order valence-electron chi connectivity index (χ2n) is 7.66. The molecule has 0 amide bonds. The molecule has 1 radical (unpaired) electrons. The molecule has 1 aromatic carbocycles. The van der Waals surface area contributed by atoms with E-state index in [9.17, 15) is 13.2 Å². The van der Waals surface area contributed by atoms with Crippen molar-refractivity contribution in [1.82, 2.24) is 4.57 Å². The molecule has 0 saturated carbocycles. The first kappa shape index (κ1) is 19.0.